The summed E-state index contributed by atoms with van der Waals surface area (Å²) in [5.74, 6) is -2.29. The van der Waals surface area contributed by atoms with Crippen LogP contribution >= 0.6 is 0 Å². The minimum Gasteiger partial charge on any atom is -0.457 e. The SMILES string of the molecule is O=C1c2cccc([N+](=O)[O-])c2C(=O)N1c1cccc(Oc2ccc(S(=O)(=O)c3ccc(Oc4cccc(N5C(=O)c6cccc([N+](=O)[O-])c6C5=O)c4)cc3)cc2)c1. The van der Waals surface area contributed by atoms with E-state index in [9.17, 15) is 47.8 Å². The maximum Gasteiger partial charge on any atom is 0.283 e. The fraction of sp³-hybridized carbons (Fsp3) is 0. The Morgan fingerprint density at radius 3 is 1.19 bits per heavy atom. The summed E-state index contributed by atoms with van der Waals surface area (Å²) in [5, 5.41) is 23.0. The van der Waals surface area contributed by atoms with Crippen molar-refractivity contribution >= 4 is 56.2 Å². The van der Waals surface area contributed by atoms with E-state index in [1.165, 1.54) is 109 Å². The van der Waals surface area contributed by atoms with Crippen LogP contribution in [0.2, 0.25) is 0 Å². The lowest BCUT2D eigenvalue weighted by atomic mass is 10.1. The van der Waals surface area contributed by atoms with Gasteiger partial charge in [-0.1, -0.05) is 24.3 Å². The molecule has 0 N–H and O–H groups in total. The van der Waals surface area contributed by atoms with E-state index >= 15 is 0 Å². The maximum atomic E-state index is 13.5. The average molecular weight is 783 g/mol. The number of carbonyl (C=O) groups excluding carboxylic acids is 4. The summed E-state index contributed by atoms with van der Waals surface area (Å²) in [6.45, 7) is 0. The van der Waals surface area contributed by atoms with Gasteiger partial charge < -0.3 is 9.47 Å². The first kappa shape index (κ1) is 36.0. The van der Waals surface area contributed by atoms with Crippen LogP contribution in [-0.2, 0) is 9.84 Å². The summed E-state index contributed by atoms with van der Waals surface area (Å²) in [6, 6.07) is 30.5. The highest BCUT2D eigenvalue weighted by Crippen LogP contribution is 2.38. The van der Waals surface area contributed by atoms with Crippen LogP contribution in [0.15, 0.2) is 143 Å². The van der Waals surface area contributed by atoms with Crippen molar-refractivity contribution in [1.29, 1.82) is 0 Å². The number of fused-ring (bicyclic) bond motifs is 2. The molecule has 0 saturated heterocycles. The Bertz CT molecular complexity index is 2670. The molecular weight excluding hydrogens is 761 g/mol. The van der Waals surface area contributed by atoms with Crippen molar-refractivity contribution in [1.82, 2.24) is 0 Å². The molecule has 0 bridgehead atoms. The van der Waals surface area contributed by atoms with Crippen molar-refractivity contribution in [3.8, 4) is 23.0 Å². The molecule has 0 spiro atoms. The second-order valence-electron chi connectivity index (χ2n) is 12.5. The molecule has 2 heterocycles. The Morgan fingerprint density at radius 2 is 0.825 bits per heavy atom. The van der Waals surface area contributed by atoms with Gasteiger partial charge in [0.25, 0.3) is 35.0 Å². The quantitative estimate of drug-likeness (QED) is 0.0749. The maximum absolute atomic E-state index is 13.5. The van der Waals surface area contributed by atoms with Gasteiger partial charge >= 0.3 is 0 Å². The lowest BCUT2D eigenvalue weighted by Gasteiger charge is -2.15. The number of sulfone groups is 1. The molecule has 2 aliphatic heterocycles. The third-order valence-electron chi connectivity index (χ3n) is 9.07. The number of nitrogens with zero attached hydrogens (tertiary/aromatic N) is 4. The molecule has 280 valence electrons. The van der Waals surface area contributed by atoms with Crippen molar-refractivity contribution in [3.63, 3.8) is 0 Å². The van der Waals surface area contributed by atoms with Gasteiger partial charge in [-0.05, 0) is 84.9 Å². The van der Waals surface area contributed by atoms with Crippen molar-refractivity contribution in [2.45, 2.75) is 9.79 Å². The van der Waals surface area contributed by atoms with Gasteiger partial charge in [-0.3, -0.25) is 39.4 Å². The number of hydrogen-bond donors (Lipinski definition) is 0. The summed E-state index contributed by atoms with van der Waals surface area (Å²) in [4.78, 5) is 75.5. The molecule has 6 aromatic rings. The first-order valence-corrected chi connectivity index (χ1v) is 18.2. The molecule has 0 radical (unpaired) electrons. The highest BCUT2D eigenvalue weighted by molar-refractivity contribution is 7.91. The molecule has 0 atom stereocenters. The lowest BCUT2D eigenvalue weighted by molar-refractivity contribution is -0.385. The van der Waals surface area contributed by atoms with Crippen LogP contribution in [-0.4, -0.2) is 41.9 Å². The van der Waals surface area contributed by atoms with Gasteiger partial charge in [-0.15, -0.1) is 0 Å². The summed E-state index contributed by atoms with van der Waals surface area (Å²) < 4.78 is 38.8. The van der Waals surface area contributed by atoms with Gasteiger partial charge in [-0.25, -0.2) is 18.2 Å². The fourth-order valence-corrected chi connectivity index (χ4v) is 7.72. The van der Waals surface area contributed by atoms with Gasteiger partial charge in [0.15, 0.2) is 0 Å². The van der Waals surface area contributed by atoms with Crippen molar-refractivity contribution in [2.24, 2.45) is 0 Å². The number of amides is 4. The van der Waals surface area contributed by atoms with Crippen LogP contribution in [0.3, 0.4) is 0 Å². The van der Waals surface area contributed by atoms with Crippen LogP contribution < -0.4 is 19.3 Å². The van der Waals surface area contributed by atoms with E-state index in [0.717, 1.165) is 21.9 Å². The van der Waals surface area contributed by atoms with E-state index < -0.39 is 54.7 Å². The zero-order valence-electron chi connectivity index (χ0n) is 28.8. The van der Waals surface area contributed by atoms with Crippen molar-refractivity contribution in [3.05, 3.63) is 176 Å². The van der Waals surface area contributed by atoms with Gasteiger partial charge in [0, 0.05) is 24.3 Å². The Labute approximate surface area is 320 Å². The molecule has 0 aliphatic carbocycles. The molecule has 0 aromatic heterocycles. The van der Waals surface area contributed by atoms with Crippen LogP contribution in [0.1, 0.15) is 41.4 Å². The van der Waals surface area contributed by atoms with E-state index in [4.69, 9.17) is 9.47 Å². The number of benzene rings is 6. The zero-order valence-corrected chi connectivity index (χ0v) is 29.6. The minimum atomic E-state index is -4.02. The first-order valence-electron chi connectivity index (χ1n) is 16.7. The highest BCUT2D eigenvalue weighted by Gasteiger charge is 2.43. The molecule has 4 amide bonds. The third-order valence-corrected chi connectivity index (χ3v) is 10.9. The molecular formula is C40H22N4O12S. The van der Waals surface area contributed by atoms with E-state index in [-0.39, 0.29) is 66.4 Å². The van der Waals surface area contributed by atoms with E-state index in [1.54, 1.807) is 12.1 Å². The summed E-state index contributed by atoms with van der Waals surface area (Å²) in [7, 11) is -4.02. The number of nitro benzene ring substituents is 2. The van der Waals surface area contributed by atoms with Crippen molar-refractivity contribution in [2.75, 3.05) is 9.80 Å². The molecule has 57 heavy (non-hydrogen) atoms. The second-order valence-corrected chi connectivity index (χ2v) is 14.4. The Balaban J connectivity index is 0.946. The molecule has 2 aliphatic rings. The Hall–Kier alpha value is -8.05. The Morgan fingerprint density at radius 1 is 0.456 bits per heavy atom. The van der Waals surface area contributed by atoms with Gasteiger partial charge in [0.05, 0.1) is 42.1 Å². The standard InChI is InChI=1S/C40H22N4O12S/c45-37-31-9-3-11-33(43(49)50)35(31)39(47)41(37)23-5-1-7-27(21-23)55-25-13-17-29(18-14-25)57(53,54)30-19-15-26(16-20-30)56-28-8-2-6-24(22-28)42-38(46)32-10-4-12-34(44(51)52)36(32)40(42)48/h1-22H. The lowest BCUT2D eigenvalue weighted by Crippen LogP contribution is -2.29. The average Bonchev–Trinajstić information content (AvgIpc) is 3.62. The zero-order chi connectivity index (χ0) is 40.2. The number of imide groups is 2. The van der Waals surface area contributed by atoms with Crippen LogP contribution in [0, 0.1) is 20.2 Å². The van der Waals surface area contributed by atoms with E-state index in [2.05, 4.69) is 0 Å². The molecule has 16 nitrogen and oxygen atoms in total. The second kappa shape index (κ2) is 13.7. The predicted octanol–water partition coefficient (Wildman–Crippen LogP) is 7.52. The predicted molar refractivity (Wildman–Crippen MR) is 200 cm³/mol. The summed E-state index contributed by atoms with van der Waals surface area (Å²) >= 11 is 0. The van der Waals surface area contributed by atoms with Crippen LogP contribution in [0.4, 0.5) is 22.7 Å². The number of ether oxygens (including phenoxy) is 2. The van der Waals surface area contributed by atoms with Crippen molar-refractivity contribution < 1.29 is 46.9 Å². The number of anilines is 2. The smallest absolute Gasteiger partial charge is 0.283 e. The topological polar surface area (TPSA) is 214 Å². The molecule has 0 fully saturated rings. The number of rotatable bonds is 10. The third kappa shape index (κ3) is 6.18. The van der Waals surface area contributed by atoms with Gasteiger partial charge in [-0.2, -0.15) is 0 Å². The summed E-state index contributed by atoms with van der Waals surface area (Å²) in [6.07, 6.45) is 0. The monoisotopic (exact) mass is 782 g/mol. The molecule has 0 unspecified atom stereocenters. The largest absolute Gasteiger partial charge is 0.457 e. The number of hydrogen-bond acceptors (Lipinski definition) is 12. The van der Waals surface area contributed by atoms with E-state index in [0.29, 0.717) is 0 Å². The highest BCUT2D eigenvalue weighted by atomic mass is 32.2. The van der Waals surface area contributed by atoms with Crippen LogP contribution in [0.25, 0.3) is 0 Å². The van der Waals surface area contributed by atoms with Gasteiger partial charge in [0.2, 0.25) is 9.84 Å². The molecule has 17 heteroatoms. The first-order chi connectivity index (χ1) is 27.3. The number of nitro groups is 2. The normalized spacial score (nSPS) is 13.4. The van der Waals surface area contributed by atoms with E-state index in [1.807, 2.05) is 0 Å². The fourth-order valence-electron chi connectivity index (χ4n) is 6.46. The molecule has 8 rings (SSSR count). The molecule has 6 aromatic carbocycles. The Kier molecular flexibility index (Phi) is 8.62. The van der Waals surface area contributed by atoms with Crippen LogP contribution in [0.5, 0.6) is 23.0 Å². The minimum absolute atomic E-state index is 0.0567. The molecule has 0 saturated carbocycles. The summed E-state index contributed by atoms with van der Waals surface area (Å²) in [5.41, 5.74) is -1.53. The van der Waals surface area contributed by atoms with Gasteiger partial charge in [0.1, 0.15) is 34.1 Å². The number of carbonyl (C=O) groups is 4.